The molecule has 0 aliphatic heterocycles. The Kier molecular flexibility index (Phi) is 6.22. The maximum atomic E-state index is 10.6. The Morgan fingerprint density at radius 3 is 1.51 bits per heavy atom. The van der Waals surface area contributed by atoms with E-state index in [1.165, 1.54) is 35.1 Å². The average molecular weight is 549 g/mol. The first-order valence-electron chi connectivity index (χ1n) is 15.3. The molecule has 4 aromatic carbocycles. The summed E-state index contributed by atoms with van der Waals surface area (Å²) in [6, 6.07) is 23.3. The lowest BCUT2D eigenvalue weighted by Crippen LogP contribution is -2.39. The summed E-state index contributed by atoms with van der Waals surface area (Å²) in [6.45, 7) is 5.00. The fraction of sp³-hybridized carbons (Fsp3) is 0.405. The number of rotatable bonds is 4. The summed E-state index contributed by atoms with van der Waals surface area (Å²) in [6.07, 6.45) is 6.85. The Bertz CT molecular complexity index is 1580. The molecule has 6 unspecified atom stereocenters. The monoisotopic (exact) mass is 548 g/mol. The SMILES string of the molecule is CC(C)(C1CCC(c2ccc(O)cc2)C(c2ccc(O)cc2)C1)C1CCC2c3ccc(O)c4c(O)ccc(c34)C2C1. The topological polar surface area (TPSA) is 80.9 Å². The number of hydrogen-bond donors (Lipinski definition) is 4. The van der Waals surface area contributed by atoms with Gasteiger partial charge in [-0.3, -0.25) is 0 Å². The lowest BCUT2D eigenvalue weighted by molar-refractivity contribution is 0.0402. The molecule has 2 fully saturated rings. The van der Waals surface area contributed by atoms with Gasteiger partial charge in [0.2, 0.25) is 0 Å². The fourth-order valence-corrected chi connectivity index (χ4v) is 9.08. The highest BCUT2D eigenvalue weighted by molar-refractivity contribution is 6.00. The summed E-state index contributed by atoms with van der Waals surface area (Å²) in [5, 5.41) is 42.8. The van der Waals surface area contributed by atoms with Crippen molar-refractivity contribution in [1.82, 2.24) is 0 Å². The summed E-state index contributed by atoms with van der Waals surface area (Å²) in [7, 11) is 0. The molecular weight excluding hydrogens is 508 g/mol. The van der Waals surface area contributed by atoms with E-state index < -0.39 is 0 Å². The zero-order chi connectivity index (χ0) is 28.5. The molecule has 0 heterocycles. The molecule has 41 heavy (non-hydrogen) atoms. The highest BCUT2D eigenvalue weighted by atomic mass is 16.3. The minimum absolute atomic E-state index is 0.160. The van der Waals surface area contributed by atoms with Gasteiger partial charge in [0, 0.05) is 0 Å². The normalized spacial score (nSPS) is 27.6. The van der Waals surface area contributed by atoms with Crippen LogP contribution in [0.3, 0.4) is 0 Å². The van der Waals surface area contributed by atoms with Gasteiger partial charge in [0.05, 0.1) is 5.39 Å². The summed E-state index contributed by atoms with van der Waals surface area (Å²) in [5.74, 6) is 3.72. The predicted molar refractivity (Wildman–Crippen MR) is 163 cm³/mol. The molecule has 0 amide bonds. The van der Waals surface area contributed by atoms with E-state index in [0.717, 1.165) is 31.1 Å². The zero-order valence-electron chi connectivity index (χ0n) is 23.9. The second-order valence-corrected chi connectivity index (χ2v) is 13.5. The van der Waals surface area contributed by atoms with Crippen molar-refractivity contribution in [2.45, 2.75) is 76.0 Å². The largest absolute Gasteiger partial charge is 0.508 e. The van der Waals surface area contributed by atoms with E-state index in [-0.39, 0.29) is 16.9 Å². The van der Waals surface area contributed by atoms with Gasteiger partial charge in [0.25, 0.3) is 0 Å². The Morgan fingerprint density at radius 2 is 0.951 bits per heavy atom. The van der Waals surface area contributed by atoms with Crippen LogP contribution in [0.5, 0.6) is 23.0 Å². The van der Waals surface area contributed by atoms with E-state index >= 15 is 0 Å². The number of fused-ring (bicyclic) bond motifs is 3. The Labute approximate surface area is 242 Å². The smallest absolute Gasteiger partial charge is 0.127 e. The first-order valence-corrected chi connectivity index (χ1v) is 15.3. The molecule has 0 bridgehead atoms. The van der Waals surface area contributed by atoms with E-state index in [0.29, 0.717) is 52.4 Å². The number of phenolic OH excluding ortho intramolecular Hbond substituents is 4. The van der Waals surface area contributed by atoms with E-state index in [1.807, 2.05) is 12.1 Å². The standard InChI is InChI=1S/C37H40O4/c1-37(2,24-8-14-28-29-15-17-33(40)36-34(41)18-16-30(35(29)36)32(28)20-24)23-7-13-27(21-3-9-25(38)10-4-21)31(19-23)22-5-11-26(39)12-6-22/h3-6,9-12,15-18,23-24,27-28,31-32,38-41H,7-8,13-14,19-20H2,1-2H3. The minimum Gasteiger partial charge on any atom is -0.508 e. The van der Waals surface area contributed by atoms with Gasteiger partial charge in [-0.05, 0) is 143 Å². The molecule has 4 N–H and O–H groups in total. The summed E-state index contributed by atoms with van der Waals surface area (Å²) in [4.78, 5) is 0. The van der Waals surface area contributed by atoms with Crippen molar-refractivity contribution in [3.05, 3.63) is 95.1 Å². The van der Waals surface area contributed by atoms with Crippen LogP contribution in [0.4, 0.5) is 0 Å². The highest BCUT2D eigenvalue weighted by Gasteiger charge is 2.48. The quantitative estimate of drug-likeness (QED) is 0.205. The molecule has 4 heteroatoms. The maximum Gasteiger partial charge on any atom is 0.127 e. The highest BCUT2D eigenvalue weighted by Crippen LogP contribution is 2.61. The van der Waals surface area contributed by atoms with E-state index in [1.54, 1.807) is 24.3 Å². The molecule has 6 atom stereocenters. The van der Waals surface area contributed by atoms with E-state index in [9.17, 15) is 20.4 Å². The van der Waals surface area contributed by atoms with Gasteiger partial charge in [-0.2, -0.15) is 0 Å². The number of benzene rings is 4. The molecule has 0 aromatic heterocycles. The van der Waals surface area contributed by atoms with Crippen LogP contribution < -0.4 is 0 Å². The lowest BCUT2D eigenvalue weighted by Gasteiger charge is -2.50. The molecule has 2 saturated carbocycles. The number of phenols is 4. The van der Waals surface area contributed by atoms with E-state index in [4.69, 9.17) is 0 Å². The molecule has 0 spiro atoms. The molecule has 4 aromatic rings. The van der Waals surface area contributed by atoms with Crippen molar-refractivity contribution in [2.24, 2.45) is 17.3 Å². The Morgan fingerprint density at radius 1 is 0.488 bits per heavy atom. The Balaban J connectivity index is 1.17. The summed E-state index contributed by atoms with van der Waals surface area (Å²) < 4.78 is 0. The second kappa shape index (κ2) is 9.72. The van der Waals surface area contributed by atoms with Crippen molar-refractivity contribution in [2.75, 3.05) is 0 Å². The van der Waals surface area contributed by atoms with Gasteiger partial charge in [0.1, 0.15) is 23.0 Å². The third kappa shape index (κ3) is 4.26. The van der Waals surface area contributed by atoms with E-state index in [2.05, 4.69) is 50.2 Å². The van der Waals surface area contributed by atoms with Crippen LogP contribution >= 0.6 is 0 Å². The first-order chi connectivity index (χ1) is 19.7. The lowest BCUT2D eigenvalue weighted by atomic mass is 9.55. The predicted octanol–water partition coefficient (Wildman–Crippen LogP) is 9.04. The number of aromatic hydroxyl groups is 4. The number of hydrogen-bond acceptors (Lipinski definition) is 4. The van der Waals surface area contributed by atoms with Crippen LogP contribution in [-0.2, 0) is 0 Å². The zero-order valence-corrected chi connectivity index (χ0v) is 23.9. The molecule has 0 saturated heterocycles. The molecule has 3 aliphatic carbocycles. The van der Waals surface area contributed by atoms with Crippen molar-refractivity contribution in [3.8, 4) is 23.0 Å². The molecule has 4 nitrogen and oxygen atoms in total. The van der Waals surface area contributed by atoms with Gasteiger partial charge in [-0.15, -0.1) is 0 Å². The third-order valence-electron chi connectivity index (χ3n) is 11.4. The summed E-state index contributed by atoms with van der Waals surface area (Å²) >= 11 is 0. The van der Waals surface area contributed by atoms with Crippen LogP contribution in [0.15, 0.2) is 72.8 Å². The minimum atomic E-state index is 0.160. The van der Waals surface area contributed by atoms with Crippen LogP contribution in [0.2, 0.25) is 0 Å². The molecule has 3 aliphatic rings. The molecular formula is C37H40O4. The van der Waals surface area contributed by atoms with Crippen molar-refractivity contribution >= 4 is 10.8 Å². The van der Waals surface area contributed by atoms with Crippen molar-refractivity contribution in [3.63, 3.8) is 0 Å². The maximum absolute atomic E-state index is 10.6. The van der Waals surface area contributed by atoms with Gasteiger partial charge in [-0.25, -0.2) is 0 Å². The van der Waals surface area contributed by atoms with Crippen LogP contribution in [-0.4, -0.2) is 20.4 Å². The average Bonchev–Trinajstić information content (AvgIpc) is 3.29. The van der Waals surface area contributed by atoms with Crippen LogP contribution in [0.1, 0.15) is 98.3 Å². The molecule has 0 radical (unpaired) electrons. The molecule has 212 valence electrons. The summed E-state index contributed by atoms with van der Waals surface area (Å²) in [5.41, 5.74) is 5.31. The van der Waals surface area contributed by atoms with Crippen LogP contribution in [0.25, 0.3) is 10.8 Å². The van der Waals surface area contributed by atoms with Gasteiger partial charge in [-0.1, -0.05) is 50.2 Å². The van der Waals surface area contributed by atoms with Gasteiger partial charge < -0.3 is 20.4 Å². The van der Waals surface area contributed by atoms with Gasteiger partial charge in [0.15, 0.2) is 0 Å². The van der Waals surface area contributed by atoms with Crippen molar-refractivity contribution in [1.29, 1.82) is 0 Å². The first kappa shape index (κ1) is 26.3. The van der Waals surface area contributed by atoms with Crippen LogP contribution in [0, 0.1) is 17.3 Å². The second-order valence-electron chi connectivity index (χ2n) is 13.5. The molecule has 7 rings (SSSR count). The van der Waals surface area contributed by atoms with Gasteiger partial charge >= 0.3 is 0 Å². The van der Waals surface area contributed by atoms with Crippen molar-refractivity contribution < 1.29 is 20.4 Å². The third-order valence-corrected chi connectivity index (χ3v) is 11.4. The Hall–Kier alpha value is -3.66. The fourth-order valence-electron chi connectivity index (χ4n) is 9.08.